The summed E-state index contributed by atoms with van der Waals surface area (Å²) in [6.07, 6.45) is 2.84. The van der Waals surface area contributed by atoms with Gasteiger partial charge in [-0.05, 0) is 49.4 Å². The number of hydrogen-bond donors (Lipinski definition) is 1. The number of carbonyl (C=O) groups excluding carboxylic acids is 1. The average Bonchev–Trinajstić information content (AvgIpc) is 3.63. The largest absolute Gasteiger partial charge is 0.490 e. The van der Waals surface area contributed by atoms with E-state index < -0.39 is 6.61 Å². The SMILES string of the molecule is CCOc1cc(CN(CC(=O)NCCCOCc2ccccc2)C2CC2)ccc1OC(F)F. The highest BCUT2D eigenvalue weighted by atomic mass is 19.3. The molecule has 180 valence electrons. The Hall–Kier alpha value is -2.71. The third-order valence-electron chi connectivity index (χ3n) is 5.22. The van der Waals surface area contributed by atoms with E-state index in [-0.39, 0.29) is 24.0 Å². The maximum Gasteiger partial charge on any atom is 0.387 e. The van der Waals surface area contributed by atoms with Crippen LogP contribution in [0.2, 0.25) is 0 Å². The van der Waals surface area contributed by atoms with Crippen LogP contribution in [0.5, 0.6) is 11.5 Å². The van der Waals surface area contributed by atoms with Crippen molar-refractivity contribution in [3.63, 3.8) is 0 Å². The minimum absolute atomic E-state index is 0.0146. The molecule has 1 aliphatic carbocycles. The van der Waals surface area contributed by atoms with E-state index in [1.165, 1.54) is 6.07 Å². The lowest BCUT2D eigenvalue weighted by molar-refractivity contribution is -0.122. The van der Waals surface area contributed by atoms with Crippen molar-refractivity contribution >= 4 is 5.91 Å². The molecular weight excluding hydrogens is 430 g/mol. The second-order valence-electron chi connectivity index (χ2n) is 7.97. The van der Waals surface area contributed by atoms with Gasteiger partial charge in [0.05, 0.1) is 19.8 Å². The number of amides is 1. The van der Waals surface area contributed by atoms with Crippen LogP contribution < -0.4 is 14.8 Å². The topological polar surface area (TPSA) is 60.0 Å². The van der Waals surface area contributed by atoms with Crippen LogP contribution in [0.1, 0.15) is 37.3 Å². The zero-order chi connectivity index (χ0) is 23.5. The summed E-state index contributed by atoms with van der Waals surface area (Å²) in [6.45, 7) is 1.73. The molecule has 1 N–H and O–H groups in total. The van der Waals surface area contributed by atoms with Crippen molar-refractivity contribution in [2.45, 2.75) is 52.0 Å². The number of nitrogens with zero attached hydrogens (tertiary/aromatic N) is 1. The number of benzene rings is 2. The summed E-state index contributed by atoms with van der Waals surface area (Å²) >= 11 is 0. The molecule has 0 saturated heterocycles. The van der Waals surface area contributed by atoms with Crippen molar-refractivity contribution in [2.75, 3.05) is 26.3 Å². The molecule has 0 atom stereocenters. The van der Waals surface area contributed by atoms with Gasteiger partial charge >= 0.3 is 6.61 Å². The van der Waals surface area contributed by atoms with E-state index in [0.29, 0.717) is 39.0 Å². The molecule has 1 aliphatic rings. The molecule has 1 amide bonds. The fourth-order valence-corrected chi connectivity index (χ4v) is 3.51. The van der Waals surface area contributed by atoms with Gasteiger partial charge in [0.15, 0.2) is 11.5 Å². The smallest absolute Gasteiger partial charge is 0.387 e. The molecule has 8 heteroatoms. The Bertz CT molecular complexity index is 863. The number of hydrogen-bond acceptors (Lipinski definition) is 5. The van der Waals surface area contributed by atoms with Gasteiger partial charge in [-0.15, -0.1) is 0 Å². The van der Waals surface area contributed by atoms with Crippen LogP contribution in [0.15, 0.2) is 48.5 Å². The first-order chi connectivity index (χ1) is 16.0. The highest BCUT2D eigenvalue weighted by molar-refractivity contribution is 5.78. The molecule has 0 unspecified atom stereocenters. The van der Waals surface area contributed by atoms with Gasteiger partial charge in [-0.1, -0.05) is 36.4 Å². The Labute approximate surface area is 193 Å². The molecule has 0 radical (unpaired) electrons. The molecule has 0 aromatic heterocycles. The zero-order valence-corrected chi connectivity index (χ0v) is 19.0. The van der Waals surface area contributed by atoms with Gasteiger partial charge in [0.25, 0.3) is 0 Å². The third kappa shape index (κ3) is 8.98. The van der Waals surface area contributed by atoms with Crippen LogP contribution in [0.4, 0.5) is 8.78 Å². The highest BCUT2D eigenvalue weighted by Gasteiger charge is 2.30. The van der Waals surface area contributed by atoms with E-state index in [0.717, 1.165) is 30.4 Å². The van der Waals surface area contributed by atoms with E-state index >= 15 is 0 Å². The van der Waals surface area contributed by atoms with Crippen molar-refractivity contribution in [1.82, 2.24) is 10.2 Å². The summed E-state index contributed by atoms with van der Waals surface area (Å²) in [6, 6.07) is 15.3. The van der Waals surface area contributed by atoms with Gasteiger partial charge in [0, 0.05) is 25.7 Å². The van der Waals surface area contributed by atoms with E-state index in [1.807, 2.05) is 30.3 Å². The van der Waals surface area contributed by atoms with Gasteiger partial charge in [-0.2, -0.15) is 8.78 Å². The maximum absolute atomic E-state index is 12.6. The lowest BCUT2D eigenvalue weighted by Crippen LogP contribution is -2.38. The molecule has 33 heavy (non-hydrogen) atoms. The summed E-state index contributed by atoms with van der Waals surface area (Å²) in [5.41, 5.74) is 2.01. The fraction of sp³-hybridized carbons (Fsp3) is 0.480. The van der Waals surface area contributed by atoms with Gasteiger partial charge in [-0.3, -0.25) is 9.69 Å². The minimum atomic E-state index is -2.91. The van der Waals surface area contributed by atoms with Crippen LogP contribution in [0, 0.1) is 0 Å². The highest BCUT2D eigenvalue weighted by Crippen LogP contribution is 2.32. The summed E-state index contributed by atoms with van der Waals surface area (Å²) in [4.78, 5) is 14.6. The predicted molar refractivity (Wildman–Crippen MR) is 121 cm³/mol. The molecule has 0 spiro atoms. The number of carbonyl (C=O) groups is 1. The van der Waals surface area contributed by atoms with E-state index in [4.69, 9.17) is 9.47 Å². The summed E-state index contributed by atoms with van der Waals surface area (Å²) in [5, 5.41) is 2.95. The molecule has 0 bridgehead atoms. The van der Waals surface area contributed by atoms with Crippen LogP contribution in [-0.4, -0.2) is 49.8 Å². The maximum atomic E-state index is 12.6. The Balaban J connectivity index is 1.42. The van der Waals surface area contributed by atoms with Crippen LogP contribution >= 0.6 is 0 Å². The molecule has 1 saturated carbocycles. The number of nitrogens with one attached hydrogen (secondary N) is 1. The summed E-state index contributed by atoms with van der Waals surface area (Å²) in [7, 11) is 0. The van der Waals surface area contributed by atoms with Crippen molar-refractivity contribution in [3.8, 4) is 11.5 Å². The Morgan fingerprint density at radius 3 is 2.61 bits per heavy atom. The van der Waals surface area contributed by atoms with Gasteiger partial charge < -0.3 is 19.5 Å². The van der Waals surface area contributed by atoms with Crippen molar-refractivity contribution in [2.24, 2.45) is 0 Å². The zero-order valence-electron chi connectivity index (χ0n) is 19.0. The lowest BCUT2D eigenvalue weighted by Gasteiger charge is -2.22. The molecule has 1 fully saturated rings. The predicted octanol–water partition coefficient (Wildman–Crippen LogP) is 4.37. The number of ether oxygens (including phenoxy) is 3. The minimum Gasteiger partial charge on any atom is -0.490 e. The Morgan fingerprint density at radius 2 is 1.91 bits per heavy atom. The molecule has 0 aliphatic heterocycles. The standard InChI is InChI=1S/C25H32F2N2O4/c1-2-32-23-15-20(9-12-22(23)33-25(26)27)16-29(21-10-11-21)17-24(30)28-13-6-14-31-18-19-7-4-3-5-8-19/h3-5,7-9,12,15,21,25H,2,6,10-11,13-14,16-18H2,1H3,(H,28,30). The van der Waals surface area contributed by atoms with E-state index in [2.05, 4.69) is 15.0 Å². The number of alkyl halides is 2. The molecule has 0 heterocycles. The quantitative estimate of drug-likeness (QED) is 0.398. The molecular formula is C25H32F2N2O4. The van der Waals surface area contributed by atoms with Gasteiger partial charge in [-0.25, -0.2) is 0 Å². The average molecular weight is 463 g/mol. The second-order valence-corrected chi connectivity index (χ2v) is 7.97. The first kappa shape index (κ1) is 24.9. The van der Waals surface area contributed by atoms with Crippen LogP contribution in [-0.2, 0) is 22.7 Å². The number of halogens is 2. The monoisotopic (exact) mass is 462 g/mol. The van der Waals surface area contributed by atoms with Crippen LogP contribution in [0.25, 0.3) is 0 Å². The molecule has 2 aromatic rings. The first-order valence-electron chi connectivity index (χ1n) is 11.4. The van der Waals surface area contributed by atoms with E-state index in [9.17, 15) is 13.6 Å². The molecule has 6 nitrogen and oxygen atoms in total. The van der Waals surface area contributed by atoms with Gasteiger partial charge in [0.2, 0.25) is 5.91 Å². The van der Waals surface area contributed by atoms with Crippen LogP contribution in [0.3, 0.4) is 0 Å². The molecule has 2 aromatic carbocycles. The third-order valence-corrected chi connectivity index (χ3v) is 5.22. The first-order valence-corrected chi connectivity index (χ1v) is 11.4. The Kier molecular flexibility index (Phi) is 9.90. The lowest BCUT2D eigenvalue weighted by atomic mass is 10.2. The van der Waals surface area contributed by atoms with Crippen molar-refractivity contribution in [1.29, 1.82) is 0 Å². The van der Waals surface area contributed by atoms with E-state index in [1.54, 1.807) is 19.1 Å². The summed E-state index contributed by atoms with van der Waals surface area (Å²) < 4.78 is 40.9. The second kappa shape index (κ2) is 13.1. The fourth-order valence-electron chi connectivity index (χ4n) is 3.51. The Morgan fingerprint density at radius 1 is 1.12 bits per heavy atom. The normalized spacial score (nSPS) is 13.4. The number of rotatable bonds is 15. The summed E-state index contributed by atoms with van der Waals surface area (Å²) in [5.74, 6) is 0.263. The van der Waals surface area contributed by atoms with Crippen molar-refractivity contribution in [3.05, 3.63) is 59.7 Å². The van der Waals surface area contributed by atoms with Gasteiger partial charge in [0.1, 0.15) is 0 Å². The van der Waals surface area contributed by atoms with Crippen molar-refractivity contribution < 1.29 is 27.8 Å². The molecule has 3 rings (SSSR count).